The van der Waals surface area contributed by atoms with Crippen LogP contribution >= 0.6 is 0 Å². The lowest BCUT2D eigenvalue weighted by Crippen LogP contribution is -2.32. The van der Waals surface area contributed by atoms with Crippen LogP contribution in [0.25, 0.3) is 0 Å². The fraction of sp³-hybridized carbons (Fsp3) is 0.773. The normalized spacial score (nSPS) is 21.0. The minimum absolute atomic E-state index is 0.0126. The molecule has 2 heterocycles. The minimum Gasteiger partial charge on any atom is -0.333 e. The maximum Gasteiger partial charge on any atom is 0.333 e. The van der Waals surface area contributed by atoms with E-state index < -0.39 is 17.8 Å². The van der Waals surface area contributed by atoms with Gasteiger partial charge in [-0.05, 0) is 32.6 Å². The third kappa shape index (κ3) is 7.95. The van der Waals surface area contributed by atoms with Crippen LogP contribution in [0.1, 0.15) is 90.4 Å². The zero-order valence-electron chi connectivity index (χ0n) is 18.7. The molecule has 2 aliphatic rings. The quantitative estimate of drug-likeness (QED) is 0.330. The third-order valence-corrected chi connectivity index (χ3v) is 5.99. The molecule has 2 saturated heterocycles. The molecule has 0 unspecified atom stereocenters. The Bertz CT molecular complexity index is 664. The fourth-order valence-corrected chi connectivity index (χ4v) is 4.05. The highest BCUT2D eigenvalue weighted by Crippen LogP contribution is 2.19. The molecule has 0 spiro atoms. The average Bonchev–Trinajstić information content (AvgIpc) is 3.16. The Hall–Kier alpha value is -2.45. The summed E-state index contributed by atoms with van der Waals surface area (Å²) in [5.41, 5.74) is 0. The molecule has 2 aliphatic heterocycles. The molecule has 2 fully saturated rings. The van der Waals surface area contributed by atoms with Crippen molar-refractivity contribution in [2.75, 3.05) is 7.05 Å². The number of Topliss-reactive ketones (excluding diaryl/α,β-unsaturated/α-hetero) is 1. The Morgan fingerprint density at radius 3 is 2.00 bits per heavy atom. The van der Waals surface area contributed by atoms with Crippen LogP contribution in [0, 0.1) is 0 Å². The summed E-state index contributed by atoms with van der Waals surface area (Å²) in [6, 6.07) is 0.393. The van der Waals surface area contributed by atoms with Crippen LogP contribution in [0.2, 0.25) is 0 Å². The summed E-state index contributed by atoms with van der Waals surface area (Å²) in [5, 5.41) is 3.49. The van der Waals surface area contributed by atoms with E-state index in [1.807, 2.05) is 14.0 Å². The molecule has 31 heavy (non-hydrogen) atoms. The summed E-state index contributed by atoms with van der Waals surface area (Å²) in [4.78, 5) is 64.6. The molecule has 1 N–H and O–H groups in total. The minimum atomic E-state index is -0.571. The van der Waals surface area contributed by atoms with Crippen LogP contribution in [-0.2, 0) is 24.0 Å². The van der Waals surface area contributed by atoms with Crippen LogP contribution in [0.15, 0.2) is 0 Å². The van der Waals surface area contributed by atoms with Gasteiger partial charge in [-0.15, -0.1) is 5.06 Å². The number of hydrogen-bond acceptors (Lipinski definition) is 6. The number of carbonyl (C=O) groups excluding carboxylic acids is 5. The number of urea groups is 1. The second-order valence-electron chi connectivity index (χ2n) is 8.51. The van der Waals surface area contributed by atoms with Gasteiger partial charge < -0.3 is 15.1 Å². The highest BCUT2D eigenvalue weighted by atomic mass is 16.7. The SMILES string of the molecule is C[C@@H]1NC(=O)N(C)[C@@H]1CCCCCC(=O)CCCCCCC(=O)ON1C(=O)CCC1=O. The summed E-state index contributed by atoms with van der Waals surface area (Å²) >= 11 is 0. The molecule has 0 radical (unpaired) electrons. The van der Waals surface area contributed by atoms with Gasteiger partial charge in [0.1, 0.15) is 5.78 Å². The molecule has 9 nitrogen and oxygen atoms in total. The number of unbranched alkanes of at least 4 members (excludes halogenated alkanes) is 5. The number of nitrogens with one attached hydrogen (secondary N) is 1. The lowest BCUT2D eigenvalue weighted by molar-refractivity contribution is -0.197. The first kappa shape index (κ1) is 24.8. The number of hydrogen-bond donors (Lipinski definition) is 1. The number of carbonyl (C=O) groups is 5. The van der Waals surface area contributed by atoms with E-state index in [1.165, 1.54) is 0 Å². The van der Waals surface area contributed by atoms with Crippen molar-refractivity contribution in [1.29, 1.82) is 0 Å². The summed E-state index contributed by atoms with van der Waals surface area (Å²) in [6.07, 6.45) is 8.37. The van der Waals surface area contributed by atoms with Crippen LogP contribution < -0.4 is 5.32 Å². The van der Waals surface area contributed by atoms with Crippen LogP contribution in [0.4, 0.5) is 4.79 Å². The number of imide groups is 1. The second kappa shape index (κ2) is 12.4. The van der Waals surface area contributed by atoms with Crippen LogP contribution in [0.3, 0.4) is 0 Å². The highest BCUT2D eigenvalue weighted by molar-refractivity contribution is 6.01. The van der Waals surface area contributed by atoms with E-state index in [0.29, 0.717) is 24.3 Å². The van der Waals surface area contributed by atoms with Crippen molar-refractivity contribution in [3.8, 4) is 0 Å². The first-order valence-electron chi connectivity index (χ1n) is 11.4. The lowest BCUT2D eigenvalue weighted by atomic mass is 10.0. The first-order valence-corrected chi connectivity index (χ1v) is 11.4. The standard InChI is InChI=1S/C22H35N3O6/c1-16-18(24(2)22(30)23-16)12-8-5-7-11-17(26)10-6-3-4-9-13-21(29)31-25-19(27)14-15-20(25)28/h16,18H,3-15H2,1-2H3,(H,23,30)/t16-,18+/m0/s1. The van der Waals surface area contributed by atoms with Gasteiger partial charge in [0.15, 0.2) is 0 Å². The van der Waals surface area contributed by atoms with Gasteiger partial charge in [0, 0.05) is 45.2 Å². The monoisotopic (exact) mass is 437 g/mol. The Morgan fingerprint density at radius 2 is 1.45 bits per heavy atom. The molecule has 0 saturated carbocycles. The summed E-state index contributed by atoms with van der Waals surface area (Å²) in [5.74, 6) is -1.24. The van der Waals surface area contributed by atoms with Crippen molar-refractivity contribution >= 4 is 29.6 Å². The van der Waals surface area contributed by atoms with E-state index in [4.69, 9.17) is 4.84 Å². The van der Waals surface area contributed by atoms with E-state index in [9.17, 15) is 24.0 Å². The van der Waals surface area contributed by atoms with Crippen molar-refractivity contribution < 1.29 is 28.8 Å². The molecule has 4 amide bonds. The molecule has 0 aliphatic carbocycles. The molecule has 0 aromatic rings. The lowest BCUT2D eigenvalue weighted by Gasteiger charge is -2.20. The summed E-state index contributed by atoms with van der Waals surface area (Å²) < 4.78 is 0. The van der Waals surface area contributed by atoms with Gasteiger partial charge in [-0.3, -0.25) is 14.4 Å². The van der Waals surface area contributed by atoms with Crippen molar-refractivity contribution in [2.45, 2.75) is 102 Å². The van der Waals surface area contributed by atoms with Gasteiger partial charge in [-0.1, -0.05) is 25.7 Å². The molecular formula is C22H35N3O6. The molecular weight excluding hydrogens is 402 g/mol. The Kier molecular flexibility index (Phi) is 9.94. The average molecular weight is 438 g/mol. The maximum absolute atomic E-state index is 12.0. The molecule has 0 bridgehead atoms. The molecule has 0 aromatic heterocycles. The smallest absolute Gasteiger partial charge is 0.333 e. The van der Waals surface area contributed by atoms with Crippen molar-refractivity contribution in [1.82, 2.24) is 15.3 Å². The molecule has 174 valence electrons. The number of ketones is 1. The zero-order valence-corrected chi connectivity index (χ0v) is 18.7. The number of hydroxylamine groups is 2. The predicted octanol–water partition coefficient (Wildman–Crippen LogP) is 2.87. The summed E-state index contributed by atoms with van der Waals surface area (Å²) in [6.45, 7) is 2.02. The van der Waals surface area contributed by atoms with Gasteiger partial charge in [-0.2, -0.15) is 0 Å². The fourth-order valence-electron chi connectivity index (χ4n) is 4.05. The van der Waals surface area contributed by atoms with Crippen LogP contribution in [0.5, 0.6) is 0 Å². The van der Waals surface area contributed by atoms with Crippen LogP contribution in [-0.4, -0.2) is 58.7 Å². The summed E-state index contributed by atoms with van der Waals surface area (Å²) in [7, 11) is 1.82. The van der Waals surface area contributed by atoms with E-state index in [0.717, 1.165) is 44.9 Å². The number of amides is 4. The van der Waals surface area contributed by atoms with Gasteiger partial charge in [-0.25, -0.2) is 9.59 Å². The number of likely N-dealkylation sites (N-methyl/N-ethyl adjacent to an activating group) is 1. The number of rotatable bonds is 14. The van der Waals surface area contributed by atoms with Gasteiger partial charge in [0.05, 0.1) is 6.04 Å². The largest absolute Gasteiger partial charge is 0.333 e. The van der Waals surface area contributed by atoms with Crippen molar-refractivity contribution in [2.24, 2.45) is 0 Å². The predicted molar refractivity (Wildman–Crippen MR) is 113 cm³/mol. The highest BCUT2D eigenvalue weighted by Gasteiger charge is 2.33. The number of nitrogens with zero attached hydrogens (tertiary/aromatic N) is 2. The Morgan fingerprint density at radius 1 is 0.903 bits per heavy atom. The Labute approximate surface area is 183 Å². The second-order valence-corrected chi connectivity index (χ2v) is 8.51. The van der Waals surface area contributed by atoms with E-state index in [-0.39, 0.29) is 43.2 Å². The van der Waals surface area contributed by atoms with Gasteiger partial charge in [0.25, 0.3) is 11.8 Å². The molecule has 9 heteroatoms. The van der Waals surface area contributed by atoms with Gasteiger partial charge in [0.2, 0.25) is 0 Å². The van der Waals surface area contributed by atoms with E-state index in [1.54, 1.807) is 4.90 Å². The third-order valence-electron chi connectivity index (χ3n) is 5.99. The van der Waals surface area contributed by atoms with Crippen molar-refractivity contribution in [3.05, 3.63) is 0 Å². The van der Waals surface area contributed by atoms with Gasteiger partial charge >= 0.3 is 12.0 Å². The van der Waals surface area contributed by atoms with Crippen molar-refractivity contribution in [3.63, 3.8) is 0 Å². The topological polar surface area (TPSA) is 113 Å². The maximum atomic E-state index is 12.0. The first-order chi connectivity index (χ1) is 14.8. The molecule has 2 atom stereocenters. The zero-order chi connectivity index (χ0) is 22.8. The molecule has 0 aromatic carbocycles. The van der Waals surface area contributed by atoms with E-state index >= 15 is 0 Å². The van der Waals surface area contributed by atoms with E-state index in [2.05, 4.69) is 5.32 Å². The Balaban J connectivity index is 1.42. The molecule has 2 rings (SSSR count).